The first kappa shape index (κ1) is 17.6. The molecule has 0 unspecified atom stereocenters. The number of hydrogen-bond acceptors (Lipinski definition) is 6. The molecule has 0 radical (unpaired) electrons. The maximum Gasteiger partial charge on any atom is 0.273 e. The first-order chi connectivity index (χ1) is 13.7. The third kappa shape index (κ3) is 3.96. The fourth-order valence-corrected chi connectivity index (χ4v) is 2.70. The molecule has 0 atom stereocenters. The highest BCUT2D eigenvalue weighted by molar-refractivity contribution is 5.98. The Morgan fingerprint density at radius 2 is 1.75 bits per heavy atom. The van der Waals surface area contributed by atoms with Gasteiger partial charge in [0.15, 0.2) is 23.0 Å². The van der Waals surface area contributed by atoms with E-state index in [0.717, 1.165) is 5.56 Å². The molecule has 0 bridgehead atoms. The molecular weight excluding hydrogens is 362 g/mol. The zero-order valence-corrected chi connectivity index (χ0v) is 14.8. The number of hydrogen-bond donors (Lipinski definition) is 2. The zero-order chi connectivity index (χ0) is 19.3. The summed E-state index contributed by atoms with van der Waals surface area (Å²) in [5.74, 6) is 0.813. The Hall–Kier alpha value is -3.81. The van der Waals surface area contributed by atoms with Crippen LogP contribution in [0.4, 0.5) is 5.69 Å². The first-order valence-corrected chi connectivity index (χ1v) is 8.69. The van der Waals surface area contributed by atoms with Gasteiger partial charge in [-0.1, -0.05) is 35.5 Å². The van der Waals surface area contributed by atoms with Crippen molar-refractivity contribution in [2.24, 2.45) is 0 Å². The lowest BCUT2D eigenvalue weighted by molar-refractivity contribution is -0.115. The third-order valence-corrected chi connectivity index (χ3v) is 4.04. The van der Waals surface area contributed by atoms with Crippen molar-refractivity contribution >= 4 is 17.5 Å². The third-order valence-electron chi connectivity index (χ3n) is 4.04. The molecule has 2 N–H and O–H groups in total. The summed E-state index contributed by atoms with van der Waals surface area (Å²) in [6.07, 6.45) is 0. The van der Waals surface area contributed by atoms with Crippen LogP contribution in [0.1, 0.15) is 10.5 Å². The van der Waals surface area contributed by atoms with Gasteiger partial charge in [-0.05, 0) is 12.1 Å². The Balaban J connectivity index is 1.32. The SMILES string of the molecule is O=C(CNC(=O)c1cc(-c2ccccc2)on1)Nc1ccc2c(c1)OCCO2. The van der Waals surface area contributed by atoms with E-state index in [1.807, 2.05) is 30.3 Å². The Morgan fingerprint density at radius 1 is 0.964 bits per heavy atom. The molecule has 2 heterocycles. The molecular formula is C20H17N3O5. The van der Waals surface area contributed by atoms with Crippen LogP contribution in [0.3, 0.4) is 0 Å². The van der Waals surface area contributed by atoms with Crippen LogP contribution in [0.25, 0.3) is 11.3 Å². The van der Waals surface area contributed by atoms with Crippen molar-refractivity contribution < 1.29 is 23.6 Å². The molecule has 4 rings (SSSR count). The molecule has 8 nitrogen and oxygen atoms in total. The maximum absolute atomic E-state index is 12.2. The second-order valence-corrected chi connectivity index (χ2v) is 6.03. The van der Waals surface area contributed by atoms with E-state index in [0.29, 0.717) is 36.2 Å². The smallest absolute Gasteiger partial charge is 0.273 e. The predicted molar refractivity (Wildman–Crippen MR) is 100 cm³/mol. The number of ether oxygens (including phenoxy) is 2. The molecule has 1 aromatic heterocycles. The zero-order valence-electron chi connectivity index (χ0n) is 14.8. The van der Waals surface area contributed by atoms with Gasteiger partial charge in [-0.3, -0.25) is 9.59 Å². The summed E-state index contributed by atoms with van der Waals surface area (Å²) in [4.78, 5) is 24.3. The van der Waals surface area contributed by atoms with Gasteiger partial charge in [0.25, 0.3) is 5.91 Å². The number of fused-ring (bicyclic) bond motifs is 1. The highest BCUT2D eigenvalue weighted by atomic mass is 16.6. The van der Waals surface area contributed by atoms with Crippen LogP contribution < -0.4 is 20.1 Å². The van der Waals surface area contributed by atoms with E-state index in [-0.39, 0.29) is 18.1 Å². The quantitative estimate of drug-likeness (QED) is 0.706. The molecule has 28 heavy (non-hydrogen) atoms. The van der Waals surface area contributed by atoms with Crippen LogP contribution in [-0.2, 0) is 4.79 Å². The minimum atomic E-state index is -0.497. The topological polar surface area (TPSA) is 103 Å². The van der Waals surface area contributed by atoms with Crippen molar-refractivity contribution in [3.05, 3.63) is 60.3 Å². The number of rotatable bonds is 5. The van der Waals surface area contributed by atoms with Crippen molar-refractivity contribution in [3.63, 3.8) is 0 Å². The number of amides is 2. The van der Waals surface area contributed by atoms with Gasteiger partial charge in [-0.2, -0.15) is 0 Å². The predicted octanol–water partition coefficient (Wildman–Crippen LogP) is 2.48. The molecule has 8 heteroatoms. The van der Waals surface area contributed by atoms with Gasteiger partial charge in [-0.15, -0.1) is 0 Å². The highest BCUT2D eigenvalue weighted by Crippen LogP contribution is 2.32. The summed E-state index contributed by atoms with van der Waals surface area (Å²) in [6, 6.07) is 15.9. The molecule has 3 aromatic rings. The molecule has 2 amide bonds. The van der Waals surface area contributed by atoms with Crippen LogP contribution in [0.15, 0.2) is 59.1 Å². The summed E-state index contributed by atoms with van der Waals surface area (Å²) in [7, 11) is 0. The summed E-state index contributed by atoms with van der Waals surface area (Å²) >= 11 is 0. The van der Waals surface area contributed by atoms with Gasteiger partial charge in [0, 0.05) is 23.4 Å². The van der Waals surface area contributed by atoms with E-state index in [4.69, 9.17) is 14.0 Å². The Labute approximate surface area is 160 Å². The number of anilines is 1. The molecule has 0 aliphatic carbocycles. The molecule has 2 aromatic carbocycles. The van der Waals surface area contributed by atoms with Crippen LogP contribution in [-0.4, -0.2) is 36.7 Å². The van der Waals surface area contributed by atoms with Crippen LogP contribution in [0.2, 0.25) is 0 Å². The van der Waals surface area contributed by atoms with Crippen molar-refractivity contribution in [2.45, 2.75) is 0 Å². The lowest BCUT2D eigenvalue weighted by Gasteiger charge is -2.19. The van der Waals surface area contributed by atoms with E-state index in [1.54, 1.807) is 18.2 Å². The van der Waals surface area contributed by atoms with E-state index < -0.39 is 5.91 Å². The maximum atomic E-state index is 12.2. The van der Waals surface area contributed by atoms with Gasteiger partial charge in [-0.25, -0.2) is 0 Å². The Bertz CT molecular complexity index is 1000. The summed E-state index contributed by atoms with van der Waals surface area (Å²) in [6.45, 7) is 0.753. The number of carbonyl (C=O) groups is 2. The van der Waals surface area contributed by atoms with Crippen molar-refractivity contribution in [3.8, 4) is 22.8 Å². The normalized spacial score (nSPS) is 12.3. The highest BCUT2D eigenvalue weighted by Gasteiger charge is 2.16. The number of aromatic nitrogens is 1. The molecule has 1 aliphatic rings. The standard InChI is InChI=1S/C20H17N3O5/c24-19(22-14-6-7-16-18(10-14)27-9-8-26-16)12-21-20(25)15-11-17(28-23-15)13-4-2-1-3-5-13/h1-7,10-11H,8-9,12H2,(H,21,25)(H,22,24). The molecule has 142 valence electrons. The second kappa shape index (κ2) is 7.83. The summed E-state index contributed by atoms with van der Waals surface area (Å²) in [5.41, 5.74) is 1.47. The van der Waals surface area contributed by atoms with Gasteiger partial charge >= 0.3 is 0 Å². The number of nitrogens with zero attached hydrogens (tertiary/aromatic N) is 1. The van der Waals surface area contributed by atoms with Crippen LogP contribution >= 0.6 is 0 Å². The molecule has 0 saturated heterocycles. The van der Waals surface area contributed by atoms with E-state index in [1.165, 1.54) is 6.07 Å². The van der Waals surface area contributed by atoms with E-state index in [9.17, 15) is 9.59 Å². The molecule has 1 aliphatic heterocycles. The summed E-state index contributed by atoms with van der Waals surface area (Å²) in [5, 5.41) is 8.97. The molecule has 0 saturated carbocycles. The monoisotopic (exact) mass is 379 g/mol. The first-order valence-electron chi connectivity index (χ1n) is 8.69. The minimum Gasteiger partial charge on any atom is -0.486 e. The molecule has 0 spiro atoms. The van der Waals surface area contributed by atoms with Gasteiger partial charge in [0.1, 0.15) is 13.2 Å². The van der Waals surface area contributed by atoms with Crippen molar-refractivity contribution in [1.82, 2.24) is 10.5 Å². The largest absolute Gasteiger partial charge is 0.486 e. The van der Waals surface area contributed by atoms with Gasteiger partial charge < -0.3 is 24.6 Å². The fourth-order valence-electron chi connectivity index (χ4n) is 2.70. The van der Waals surface area contributed by atoms with Gasteiger partial charge in [0.2, 0.25) is 5.91 Å². The lowest BCUT2D eigenvalue weighted by Crippen LogP contribution is -2.33. The Kier molecular flexibility index (Phi) is 4.92. The van der Waals surface area contributed by atoms with Crippen molar-refractivity contribution in [2.75, 3.05) is 25.1 Å². The fraction of sp³-hybridized carbons (Fsp3) is 0.150. The second-order valence-electron chi connectivity index (χ2n) is 6.03. The lowest BCUT2D eigenvalue weighted by atomic mass is 10.1. The van der Waals surface area contributed by atoms with E-state index in [2.05, 4.69) is 15.8 Å². The van der Waals surface area contributed by atoms with E-state index >= 15 is 0 Å². The number of benzene rings is 2. The molecule has 0 fully saturated rings. The van der Waals surface area contributed by atoms with Crippen LogP contribution in [0.5, 0.6) is 11.5 Å². The summed E-state index contributed by atoms with van der Waals surface area (Å²) < 4.78 is 16.1. The number of nitrogens with one attached hydrogen (secondary N) is 2. The van der Waals surface area contributed by atoms with Crippen LogP contribution in [0, 0.1) is 0 Å². The number of carbonyl (C=O) groups excluding carboxylic acids is 2. The average Bonchev–Trinajstić information content (AvgIpc) is 3.23. The Morgan fingerprint density at radius 3 is 2.57 bits per heavy atom. The van der Waals surface area contributed by atoms with Crippen molar-refractivity contribution in [1.29, 1.82) is 0 Å². The van der Waals surface area contributed by atoms with Gasteiger partial charge in [0.05, 0.1) is 6.54 Å². The average molecular weight is 379 g/mol. The minimum absolute atomic E-state index is 0.103.